The Bertz CT molecular complexity index is 404. The van der Waals surface area contributed by atoms with Gasteiger partial charge in [0.25, 0.3) is 0 Å². The molecule has 0 aromatic heterocycles. The third kappa shape index (κ3) is 3.46. The van der Waals surface area contributed by atoms with Crippen molar-refractivity contribution in [3.63, 3.8) is 0 Å². The maximum Gasteiger partial charge on any atom is 0.227 e. The zero-order valence-corrected chi connectivity index (χ0v) is 11.2. The third-order valence-electron chi connectivity index (χ3n) is 2.90. The van der Waals surface area contributed by atoms with E-state index < -0.39 is 0 Å². The standard InChI is InChI=1S/C13H16BrNO2/c14-6-7-15(11-4-5-11)13(17)9-10-2-1-3-12(16)8-10/h1-3,8,11,16H,4-7,9H2. The van der Waals surface area contributed by atoms with Crippen LogP contribution in [0.1, 0.15) is 18.4 Å². The van der Waals surface area contributed by atoms with Crippen molar-refractivity contribution in [2.24, 2.45) is 0 Å². The van der Waals surface area contributed by atoms with E-state index in [1.54, 1.807) is 18.2 Å². The number of hydrogen-bond donors (Lipinski definition) is 1. The lowest BCUT2D eigenvalue weighted by atomic mass is 10.1. The van der Waals surface area contributed by atoms with E-state index in [4.69, 9.17) is 0 Å². The molecule has 0 saturated heterocycles. The highest BCUT2D eigenvalue weighted by molar-refractivity contribution is 9.09. The predicted octanol–water partition coefficient (Wildman–Crippen LogP) is 2.32. The molecule has 1 fully saturated rings. The van der Waals surface area contributed by atoms with Crippen LogP contribution in [0.3, 0.4) is 0 Å². The van der Waals surface area contributed by atoms with Crippen molar-refractivity contribution < 1.29 is 9.90 Å². The van der Waals surface area contributed by atoms with E-state index in [9.17, 15) is 9.90 Å². The van der Waals surface area contributed by atoms with Crippen LogP contribution in [-0.4, -0.2) is 33.8 Å². The highest BCUT2D eigenvalue weighted by Crippen LogP contribution is 2.27. The van der Waals surface area contributed by atoms with E-state index in [-0.39, 0.29) is 11.7 Å². The smallest absolute Gasteiger partial charge is 0.227 e. The van der Waals surface area contributed by atoms with Crippen LogP contribution in [0.15, 0.2) is 24.3 Å². The van der Waals surface area contributed by atoms with Gasteiger partial charge in [0.05, 0.1) is 6.42 Å². The van der Waals surface area contributed by atoms with Crippen LogP contribution in [0.2, 0.25) is 0 Å². The molecule has 17 heavy (non-hydrogen) atoms. The average Bonchev–Trinajstić information content (AvgIpc) is 3.09. The summed E-state index contributed by atoms with van der Waals surface area (Å²) in [6, 6.07) is 7.35. The van der Waals surface area contributed by atoms with Gasteiger partial charge in [-0.3, -0.25) is 4.79 Å². The Kier molecular flexibility index (Phi) is 4.05. The molecule has 0 aliphatic heterocycles. The minimum atomic E-state index is 0.151. The monoisotopic (exact) mass is 297 g/mol. The molecule has 0 bridgehead atoms. The lowest BCUT2D eigenvalue weighted by Crippen LogP contribution is -2.35. The maximum absolute atomic E-state index is 12.1. The molecule has 0 spiro atoms. The molecular weight excluding hydrogens is 282 g/mol. The van der Waals surface area contributed by atoms with Crippen molar-refractivity contribution in [3.8, 4) is 5.75 Å². The van der Waals surface area contributed by atoms with Crippen molar-refractivity contribution in [1.82, 2.24) is 4.90 Å². The Labute approximate surface area is 110 Å². The Balaban J connectivity index is 1.99. The molecule has 0 atom stereocenters. The number of carbonyl (C=O) groups is 1. The molecule has 1 amide bonds. The Morgan fingerprint density at radius 3 is 2.82 bits per heavy atom. The van der Waals surface area contributed by atoms with Crippen LogP contribution in [0.25, 0.3) is 0 Å². The number of phenols is 1. The van der Waals surface area contributed by atoms with Crippen molar-refractivity contribution in [1.29, 1.82) is 0 Å². The Morgan fingerprint density at radius 2 is 2.24 bits per heavy atom. The summed E-state index contributed by atoms with van der Waals surface area (Å²) in [6.07, 6.45) is 2.62. The van der Waals surface area contributed by atoms with Gasteiger partial charge in [-0.05, 0) is 30.5 Å². The topological polar surface area (TPSA) is 40.5 Å². The maximum atomic E-state index is 12.1. The van der Waals surface area contributed by atoms with Gasteiger partial charge in [-0.2, -0.15) is 0 Å². The van der Waals surface area contributed by atoms with Crippen LogP contribution >= 0.6 is 15.9 Å². The molecule has 3 nitrogen and oxygen atoms in total. The molecule has 2 rings (SSSR count). The van der Waals surface area contributed by atoms with Gasteiger partial charge in [0.15, 0.2) is 0 Å². The number of amides is 1. The summed E-state index contributed by atoms with van der Waals surface area (Å²) < 4.78 is 0. The summed E-state index contributed by atoms with van der Waals surface area (Å²) in [7, 11) is 0. The molecule has 0 unspecified atom stereocenters. The number of halogens is 1. The molecule has 1 saturated carbocycles. The van der Waals surface area contributed by atoms with Gasteiger partial charge >= 0.3 is 0 Å². The fourth-order valence-electron chi connectivity index (χ4n) is 1.93. The number of benzene rings is 1. The van der Waals surface area contributed by atoms with Gasteiger partial charge in [0, 0.05) is 17.9 Å². The Morgan fingerprint density at radius 1 is 1.47 bits per heavy atom. The van der Waals surface area contributed by atoms with Gasteiger partial charge in [-0.15, -0.1) is 0 Å². The minimum absolute atomic E-state index is 0.151. The van der Waals surface area contributed by atoms with Crippen LogP contribution in [0.5, 0.6) is 5.75 Å². The average molecular weight is 298 g/mol. The largest absolute Gasteiger partial charge is 0.508 e. The summed E-state index contributed by atoms with van der Waals surface area (Å²) in [6.45, 7) is 0.766. The summed E-state index contributed by atoms with van der Waals surface area (Å²) in [4.78, 5) is 14.1. The highest BCUT2D eigenvalue weighted by Gasteiger charge is 2.31. The first-order valence-electron chi connectivity index (χ1n) is 5.84. The van der Waals surface area contributed by atoms with E-state index in [1.807, 2.05) is 11.0 Å². The quantitative estimate of drug-likeness (QED) is 0.848. The molecule has 4 heteroatoms. The number of phenolic OH excluding ortho intramolecular Hbond substituents is 1. The molecule has 1 N–H and O–H groups in total. The highest BCUT2D eigenvalue weighted by atomic mass is 79.9. The van der Waals surface area contributed by atoms with E-state index >= 15 is 0 Å². The minimum Gasteiger partial charge on any atom is -0.508 e. The van der Waals surface area contributed by atoms with Gasteiger partial charge < -0.3 is 10.0 Å². The Hall–Kier alpha value is -1.03. The van der Waals surface area contributed by atoms with Crippen molar-refractivity contribution in [3.05, 3.63) is 29.8 Å². The fourth-order valence-corrected chi connectivity index (χ4v) is 2.31. The summed E-state index contributed by atoms with van der Waals surface area (Å²) in [5.41, 5.74) is 0.871. The van der Waals surface area contributed by atoms with Crippen molar-refractivity contribution in [2.45, 2.75) is 25.3 Å². The van der Waals surface area contributed by atoms with E-state index in [1.165, 1.54) is 0 Å². The SMILES string of the molecule is O=C(Cc1cccc(O)c1)N(CCBr)C1CC1. The third-order valence-corrected chi connectivity index (χ3v) is 3.25. The van der Waals surface area contributed by atoms with E-state index in [0.29, 0.717) is 12.5 Å². The molecule has 92 valence electrons. The molecule has 1 aromatic carbocycles. The normalized spacial score (nSPS) is 14.6. The lowest BCUT2D eigenvalue weighted by Gasteiger charge is -2.21. The fraction of sp³-hybridized carbons (Fsp3) is 0.462. The summed E-state index contributed by atoms with van der Waals surface area (Å²) in [5.74, 6) is 0.367. The number of hydrogen-bond acceptors (Lipinski definition) is 2. The molecule has 1 aromatic rings. The molecule has 1 aliphatic carbocycles. The van der Waals surface area contributed by atoms with Crippen molar-refractivity contribution in [2.75, 3.05) is 11.9 Å². The van der Waals surface area contributed by atoms with Gasteiger partial charge in [0.2, 0.25) is 5.91 Å². The first-order valence-corrected chi connectivity index (χ1v) is 6.96. The second-order valence-corrected chi connectivity index (χ2v) is 5.15. The van der Waals surface area contributed by atoms with Crippen LogP contribution in [0, 0.1) is 0 Å². The molecule has 0 radical (unpaired) electrons. The van der Waals surface area contributed by atoms with Gasteiger partial charge in [-0.25, -0.2) is 0 Å². The number of carbonyl (C=O) groups excluding carboxylic acids is 1. The van der Waals surface area contributed by atoms with Gasteiger partial charge in [-0.1, -0.05) is 28.1 Å². The number of aromatic hydroxyl groups is 1. The van der Waals surface area contributed by atoms with Gasteiger partial charge in [0.1, 0.15) is 5.75 Å². The molecule has 1 aliphatic rings. The summed E-state index contributed by atoms with van der Waals surface area (Å²) >= 11 is 3.38. The zero-order valence-electron chi connectivity index (χ0n) is 9.60. The van der Waals surface area contributed by atoms with Crippen LogP contribution in [0.4, 0.5) is 0 Å². The first-order chi connectivity index (χ1) is 8.20. The zero-order chi connectivity index (χ0) is 12.3. The van der Waals surface area contributed by atoms with Crippen molar-refractivity contribution >= 4 is 21.8 Å². The molecular formula is C13H16BrNO2. The second-order valence-electron chi connectivity index (χ2n) is 4.35. The number of rotatable bonds is 5. The van der Waals surface area contributed by atoms with E-state index in [0.717, 1.165) is 30.3 Å². The molecule has 0 heterocycles. The predicted molar refractivity (Wildman–Crippen MR) is 70.3 cm³/mol. The first kappa shape index (κ1) is 12.4. The van der Waals surface area contributed by atoms with Crippen LogP contribution < -0.4 is 0 Å². The number of nitrogens with zero attached hydrogens (tertiary/aromatic N) is 1. The summed E-state index contributed by atoms with van der Waals surface area (Å²) in [5, 5.41) is 10.2. The number of alkyl halides is 1. The lowest BCUT2D eigenvalue weighted by molar-refractivity contribution is -0.130. The van der Waals surface area contributed by atoms with Crippen LogP contribution in [-0.2, 0) is 11.2 Å². The van der Waals surface area contributed by atoms with E-state index in [2.05, 4.69) is 15.9 Å². The second kappa shape index (κ2) is 5.54.